The van der Waals surface area contributed by atoms with Gasteiger partial charge in [-0.1, -0.05) is 30.4 Å². The van der Waals surface area contributed by atoms with Crippen LogP contribution >= 0.6 is 12.2 Å². The van der Waals surface area contributed by atoms with Crippen molar-refractivity contribution in [3.05, 3.63) is 30.3 Å². The maximum absolute atomic E-state index is 12.7. The third-order valence-electron chi connectivity index (χ3n) is 3.43. The zero-order valence-corrected chi connectivity index (χ0v) is 12.3. The second kappa shape index (κ2) is 7.36. The molecule has 20 heavy (non-hydrogen) atoms. The van der Waals surface area contributed by atoms with E-state index >= 15 is 0 Å². The molecule has 5 heteroatoms. The molecule has 4 nitrogen and oxygen atoms in total. The van der Waals surface area contributed by atoms with Crippen LogP contribution in [0.4, 0.5) is 5.69 Å². The molecule has 0 aliphatic carbocycles. The van der Waals surface area contributed by atoms with E-state index in [1.807, 2.05) is 30.3 Å². The number of rotatable bonds is 5. The van der Waals surface area contributed by atoms with Gasteiger partial charge in [0.25, 0.3) is 0 Å². The van der Waals surface area contributed by atoms with E-state index in [4.69, 9.17) is 22.7 Å². The predicted octanol–water partition coefficient (Wildman–Crippen LogP) is 2.12. The van der Waals surface area contributed by atoms with Crippen LogP contribution in [0.1, 0.15) is 19.3 Å². The average Bonchev–Trinajstić information content (AvgIpc) is 2.49. The molecule has 1 aliphatic rings. The van der Waals surface area contributed by atoms with Gasteiger partial charge in [0.1, 0.15) is 0 Å². The van der Waals surface area contributed by atoms with Gasteiger partial charge in [-0.25, -0.2) is 0 Å². The first-order chi connectivity index (χ1) is 9.68. The number of ether oxygens (including phenoxy) is 1. The molecule has 1 amide bonds. The number of hydrogen-bond acceptors (Lipinski definition) is 3. The molecule has 0 spiro atoms. The zero-order valence-electron chi connectivity index (χ0n) is 11.5. The Morgan fingerprint density at radius 3 is 2.75 bits per heavy atom. The number of amides is 1. The van der Waals surface area contributed by atoms with Crippen molar-refractivity contribution in [3.63, 3.8) is 0 Å². The lowest BCUT2D eigenvalue weighted by molar-refractivity contribution is -0.126. The lowest BCUT2D eigenvalue weighted by Gasteiger charge is -2.29. The van der Waals surface area contributed by atoms with Crippen molar-refractivity contribution < 1.29 is 9.53 Å². The highest BCUT2D eigenvalue weighted by Gasteiger charge is 2.27. The number of hydrogen-bond donors (Lipinski definition) is 1. The highest BCUT2D eigenvalue weighted by molar-refractivity contribution is 7.80. The third kappa shape index (κ3) is 4.02. The summed E-state index contributed by atoms with van der Waals surface area (Å²) in [7, 11) is 0. The second-order valence-electron chi connectivity index (χ2n) is 4.96. The summed E-state index contributed by atoms with van der Waals surface area (Å²) in [6.45, 7) is 1.78. The van der Waals surface area contributed by atoms with Crippen molar-refractivity contribution in [2.45, 2.75) is 19.3 Å². The molecule has 0 aromatic heterocycles. The minimum atomic E-state index is -0.0599. The van der Waals surface area contributed by atoms with Crippen LogP contribution in [-0.4, -0.2) is 30.7 Å². The van der Waals surface area contributed by atoms with Crippen molar-refractivity contribution in [1.29, 1.82) is 0 Å². The van der Waals surface area contributed by atoms with Gasteiger partial charge >= 0.3 is 0 Å². The van der Waals surface area contributed by atoms with Gasteiger partial charge < -0.3 is 15.4 Å². The Labute approximate surface area is 124 Å². The molecule has 1 saturated heterocycles. The highest BCUT2D eigenvalue weighted by Crippen LogP contribution is 2.21. The van der Waals surface area contributed by atoms with Crippen molar-refractivity contribution in [3.8, 4) is 0 Å². The summed E-state index contributed by atoms with van der Waals surface area (Å²) in [5, 5.41) is 0. The van der Waals surface area contributed by atoms with E-state index in [9.17, 15) is 4.79 Å². The SMILES string of the molecule is NC(=S)CCN(C(=O)C1CCCOC1)c1ccccc1. The summed E-state index contributed by atoms with van der Waals surface area (Å²) in [6, 6.07) is 9.65. The topological polar surface area (TPSA) is 55.6 Å². The van der Waals surface area contributed by atoms with Gasteiger partial charge in [0.05, 0.1) is 17.5 Å². The molecule has 0 saturated carbocycles. The molecule has 2 rings (SSSR count). The molecular formula is C15H20N2O2S. The standard InChI is InChI=1S/C15H20N2O2S/c16-14(20)8-9-17(13-6-2-1-3-7-13)15(18)12-5-4-10-19-11-12/h1-3,6-7,12H,4-5,8-11H2,(H2,16,20). The number of benzene rings is 1. The smallest absolute Gasteiger partial charge is 0.232 e. The number of nitrogens with zero attached hydrogens (tertiary/aromatic N) is 1. The van der Waals surface area contributed by atoms with E-state index in [0.717, 1.165) is 25.1 Å². The second-order valence-corrected chi connectivity index (χ2v) is 5.48. The normalized spacial score (nSPS) is 18.5. The van der Waals surface area contributed by atoms with Gasteiger partial charge in [-0.05, 0) is 25.0 Å². The quantitative estimate of drug-likeness (QED) is 0.845. The number of para-hydroxylation sites is 1. The van der Waals surface area contributed by atoms with Crippen LogP contribution in [-0.2, 0) is 9.53 Å². The van der Waals surface area contributed by atoms with Gasteiger partial charge in [0.2, 0.25) is 5.91 Å². The Morgan fingerprint density at radius 1 is 1.40 bits per heavy atom. The summed E-state index contributed by atoms with van der Waals surface area (Å²) < 4.78 is 5.42. The van der Waals surface area contributed by atoms with Crippen molar-refractivity contribution in [2.75, 3.05) is 24.7 Å². The Morgan fingerprint density at radius 2 is 2.15 bits per heavy atom. The van der Waals surface area contributed by atoms with Crippen molar-refractivity contribution >= 4 is 28.8 Å². The zero-order chi connectivity index (χ0) is 14.4. The molecule has 0 radical (unpaired) electrons. The minimum absolute atomic E-state index is 0.0599. The monoisotopic (exact) mass is 292 g/mol. The van der Waals surface area contributed by atoms with Crippen LogP contribution in [0.2, 0.25) is 0 Å². The maximum atomic E-state index is 12.7. The van der Waals surface area contributed by atoms with Crippen LogP contribution in [0.15, 0.2) is 30.3 Å². The lowest BCUT2D eigenvalue weighted by Crippen LogP contribution is -2.41. The van der Waals surface area contributed by atoms with Crippen LogP contribution in [0, 0.1) is 5.92 Å². The van der Waals surface area contributed by atoms with E-state index in [1.165, 1.54) is 0 Å². The van der Waals surface area contributed by atoms with Crippen molar-refractivity contribution in [2.24, 2.45) is 11.7 Å². The number of thiocarbonyl (C=S) groups is 1. The Balaban J connectivity index is 2.12. The number of anilines is 1. The molecule has 1 unspecified atom stereocenters. The van der Waals surface area contributed by atoms with E-state index in [1.54, 1.807) is 4.90 Å². The molecule has 1 atom stereocenters. The lowest BCUT2D eigenvalue weighted by atomic mass is 10.00. The fraction of sp³-hybridized carbons (Fsp3) is 0.467. The fourth-order valence-corrected chi connectivity index (χ4v) is 2.44. The summed E-state index contributed by atoms with van der Waals surface area (Å²) in [5.41, 5.74) is 6.45. The van der Waals surface area contributed by atoms with Crippen LogP contribution in [0.25, 0.3) is 0 Å². The Hall–Kier alpha value is -1.46. The molecule has 0 bridgehead atoms. The first-order valence-corrected chi connectivity index (χ1v) is 7.32. The van der Waals surface area contributed by atoms with E-state index in [-0.39, 0.29) is 11.8 Å². The molecular weight excluding hydrogens is 272 g/mol. The van der Waals surface area contributed by atoms with Gasteiger partial charge in [-0.2, -0.15) is 0 Å². The summed E-state index contributed by atoms with van der Waals surface area (Å²) in [5.74, 6) is 0.0439. The van der Waals surface area contributed by atoms with Gasteiger partial charge in [0.15, 0.2) is 0 Å². The largest absolute Gasteiger partial charge is 0.393 e. The average molecular weight is 292 g/mol. The van der Waals surface area contributed by atoms with Crippen LogP contribution in [0.3, 0.4) is 0 Å². The summed E-state index contributed by atoms with van der Waals surface area (Å²) in [4.78, 5) is 14.9. The summed E-state index contributed by atoms with van der Waals surface area (Å²) in [6.07, 6.45) is 2.35. The van der Waals surface area contributed by atoms with Crippen molar-refractivity contribution in [1.82, 2.24) is 0 Å². The summed E-state index contributed by atoms with van der Waals surface area (Å²) >= 11 is 4.92. The third-order valence-corrected chi connectivity index (χ3v) is 3.63. The Kier molecular flexibility index (Phi) is 5.49. The first kappa shape index (κ1) is 14.9. The maximum Gasteiger partial charge on any atom is 0.232 e. The Bertz CT molecular complexity index is 458. The minimum Gasteiger partial charge on any atom is -0.393 e. The molecule has 108 valence electrons. The predicted molar refractivity (Wildman–Crippen MR) is 83.7 cm³/mol. The molecule has 1 fully saturated rings. The molecule has 1 heterocycles. The molecule has 1 aromatic carbocycles. The van der Waals surface area contributed by atoms with Crippen LogP contribution < -0.4 is 10.6 Å². The fourth-order valence-electron chi connectivity index (χ4n) is 2.35. The highest BCUT2D eigenvalue weighted by atomic mass is 32.1. The van der Waals surface area contributed by atoms with E-state index in [0.29, 0.717) is 24.6 Å². The molecule has 1 aromatic rings. The first-order valence-electron chi connectivity index (χ1n) is 6.91. The molecule has 1 aliphatic heterocycles. The van der Waals surface area contributed by atoms with E-state index < -0.39 is 0 Å². The van der Waals surface area contributed by atoms with E-state index in [2.05, 4.69) is 0 Å². The number of carbonyl (C=O) groups is 1. The molecule has 2 N–H and O–H groups in total. The van der Waals surface area contributed by atoms with Gasteiger partial charge in [-0.3, -0.25) is 4.79 Å². The number of carbonyl (C=O) groups excluding carboxylic acids is 1. The number of nitrogens with two attached hydrogens (primary N) is 1. The van der Waals surface area contributed by atoms with Gasteiger partial charge in [0, 0.05) is 25.3 Å². The van der Waals surface area contributed by atoms with Crippen LogP contribution in [0.5, 0.6) is 0 Å². The van der Waals surface area contributed by atoms with Gasteiger partial charge in [-0.15, -0.1) is 0 Å².